The summed E-state index contributed by atoms with van der Waals surface area (Å²) in [6.07, 6.45) is 1.72. The molecule has 0 fully saturated rings. The highest BCUT2D eigenvalue weighted by atomic mass is 32.1. The molecule has 4 rings (SSSR count). The predicted molar refractivity (Wildman–Crippen MR) is 99.1 cm³/mol. The molecular weight excluding hydrogens is 336 g/mol. The van der Waals surface area contributed by atoms with E-state index in [2.05, 4.69) is 35.2 Å². The number of amides is 1. The number of carbonyl (C=O) groups is 1. The quantitative estimate of drug-likeness (QED) is 0.911. The standard InChI is InChI=1S/C18H20N4O2S/c1-10(2)15(12-5-4-8-25-12)21-17(23)13-11(3)24-18-14(13)16-19-6-7-22(16)9-20-18/h4-5,8-10,15H,6-7H2,1-3H3,(H,21,23)/t15-/m0/s1. The van der Waals surface area contributed by atoms with Crippen LogP contribution in [-0.2, 0) is 0 Å². The van der Waals surface area contributed by atoms with Crippen LogP contribution in [0.15, 0.2) is 31.9 Å². The van der Waals surface area contributed by atoms with Gasteiger partial charge in [-0.1, -0.05) is 19.9 Å². The smallest absolute Gasteiger partial charge is 0.256 e. The third-order valence-electron chi connectivity index (χ3n) is 4.51. The number of carbonyl (C=O) groups excluding carboxylic acids is 1. The van der Waals surface area contributed by atoms with E-state index in [0.717, 1.165) is 17.3 Å². The van der Waals surface area contributed by atoms with Gasteiger partial charge in [0.25, 0.3) is 5.91 Å². The second-order valence-electron chi connectivity index (χ2n) is 6.57. The number of thiophene rings is 1. The van der Waals surface area contributed by atoms with Crippen LogP contribution in [0.25, 0.3) is 0 Å². The van der Waals surface area contributed by atoms with E-state index in [4.69, 9.17) is 4.42 Å². The van der Waals surface area contributed by atoms with E-state index in [1.54, 1.807) is 24.6 Å². The summed E-state index contributed by atoms with van der Waals surface area (Å²) in [5.74, 6) is 1.97. The van der Waals surface area contributed by atoms with E-state index in [1.807, 2.05) is 16.3 Å². The fourth-order valence-electron chi connectivity index (χ4n) is 3.27. The SMILES string of the molecule is Cc1oc2c(c1C(=O)N[C@H](c1cccs1)C(C)C)C1=NCCN1C=N2. The first-order valence-corrected chi connectivity index (χ1v) is 9.27. The number of nitrogens with zero attached hydrogens (tertiary/aromatic N) is 3. The van der Waals surface area contributed by atoms with Gasteiger partial charge in [-0.25, -0.2) is 4.99 Å². The maximum absolute atomic E-state index is 13.1. The molecule has 6 nitrogen and oxygen atoms in total. The maximum atomic E-state index is 13.1. The molecule has 0 saturated heterocycles. The molecule has 1 N–H and O–H groups in total. The normalized spacial score (nSPS) is 16.6. The van der Waals surface area contributed by atoms with Crippen LogP contribution in [0.5, 0.6) is 0 Å². The molecule has 0 radical (unpaired) electrons. The van der Waals surface area contributed by atoms with Crippen LogP contribution in [0.1, 0.15) is 46.4 Å². The summed E-state index contributed by atoms with van der Waals surface area (Å²) in [5.41, 5.74) is 1.25. The molecule has 2 aliphatic heterocycles. The number of aliphatic imine (C=N–C) groups is 2. The Hall–Kier alpha value is -2.41. The zero-order valence-corrected chi connectivity index (χ0v) is 15.3. The lowest BCUT2D eigenvalue weighted by molar-refractivity contribution is 0.0925. The highest BCUT2D eigenvalue weighted by Gasteiger charge is 2.34. The largest absolute Gasteiger partial charge is 0.442 e. The topological polar surface area (TPSA) is 70.2 Å². The van der Waals surface area contributed by atoms with Gasteiger partial charge in [-0.3, -0.25) is 9.79 Å². The molecule has 2 aromatic heterocycles. The van der Waals surface area contributed by atoms with Crippen molar-refractivity contribution in [2.45, 2.75) is 26.8 Å². The Kier molecular flexibility index (Phi) is 3.95. The number of amidine groups is 1. The van der Waals surface area contributed by atoms with Crippen LogP contribution in [0, 0.1) is 12.8 Å². The van der Waals surface area contributed by atoms with Gasteiger partial charge in [-0.15, -0.1) is 11.3 Å². The fraction of sp³-hybridized carbons (Fsp3) is 0.389. The second kappa shape index (κ2) is 6.15. The molecule has 0 saturated carbocycles. The summed E-state index contributed by atoms with van der Waals surface area (Å²) < 4.78 is 5.74. The first-order chi connectivity index (χ1) is 12.1. The Labute approximate surface area is 150 Å². The highest BCUT2D eigenvalue weighted by Crippen LogP contribution is 2.35. The molecule has 1 atom stereocenters. The summed E-state index contributed by atoms with van der Waals surface area (Å²) >= 11 is 1.65. The van der Waals surface area contributed by atoms with Crippen LogP contribution in [0.4, 0.5) is 5.88 Å². The van der Waals surface area contributed by atoms with Gasteiger partial charge in [0.15, 0.2) is 0 Å². The zero-order chi connectivity index (χ0) is 17.6. The van der Waals surface area contributed by atoms with Crippen molar-refractivity contribution in [2.24, 2.45) is 15.9 Å². The van der Waals surface area contributed by atoms with Gasteiger partial charge in [0.05, 0.1) is 23.7 Å². The van der Waals surface area contributed by atoms with Gasteiger partial charge in [-0.2, -0.15) is 0 Å². The molecule has 130 valence electrons. The summed E-state index contributed by atoms with van der Waals surface area (Å²) in [5, 5.41) is 5.21. The summed E-state index contributed by atoms with van der Waals surface area (Å²) in [6, 6.07) is 4.03. The van der Waals surface area contributed by atoms with Crippen molar-refractivity contribution in [1.82, 2.24) is 10.2 Å². The lowest BCUT2D eigenvalue weighted by Gasteiger charge is -2.22. The van der Waals surface area contributed by atoms with Gasteiger partial charge in [0.1, 0.15) is 17.9 Å². The Balaban J connectivity index is 1.70. The van der Waals surface area contributed by atoms with Crippen LogP contribution >= 0.6 is 11.3 Å². The van der Waals surface area contributed by atoms with Crippen molar-refractivity contribution in [1.29, 1.82) is 0 Å². The van der Waals surface area contributed by atoms with Crippen molar-refractivity contribution in [3.05, 3.63) is 39.3 Å². The van der Waals surface area contributed by atoms with Gasteiger partial charge in [-0.05, 0) is 24.3 Å². The van der Waals surface area contributed by atoms with E-state index in [-0.39, 0.29) is 17.9 Å². The lowest BCUT2D eigenvalue weighted by Crippen LogP contribution is -2.34. The number of hydrogen-bond donors (Lipinski definition) is 1. The van der Waals surface area contributed by atoms with Gasteiger partial charge in [0, 0.05) is 11.4 Å². The van der Waals surface area contributed by atoms with Gasteiger partial charge >= 0.3 is 0 Å². The number of fused-ring (bicyclic) bond motifs is 3. The Morgan fingerprint density at radius 2 is 2.28 bits per heavy atom. The minimum Gasteiger partial charge on any atom is -0.442 e. The molecule has 0 spiro atoms. The van der Waals surface area contributed by atoms with E-state index in [0.29, 0.717) is 29.3 Å². The molecule has 4 heterocycles. The number of aryl methyl sites for hydroxylation is 1. The maximum Gasteiger partial charge on any atom is 0.256 e. The van der Waals surface area contributed by atoms with Gasteiger partial charge in [0.2, 0.25) is 5.88 Å². The molecular formula is C18H20N4O2S. The third kappa shape index (κ3) is 2.68. The second-order valence-corrected chi connectivity index (χ2v) is 7.55. The van der Waals surface area contributed by atoms with Crippen molar-refractivity contribution in [3.63, 3.8) is 0 Å². The fourth-order valence-corrected chi connectivity index (χ4v) is 4.22. The average molecular weight is 356 g/mol. The molecule has 1 amide bonds. The highest BCUT2D eigenvalue weighted by molar-refractivity contribution is 7.10. The van der Waals surface area contributed by atoms with E-state index < -0.39 is 0 Å². The summed E-state index contributed by atoms with van der Waals surface area (Å²) in [4.78, 5) is 25.1. The van der Waals surface area contributed by atoms with Crippen molar-refractivity contribution >= 4 is 35.3 Å². The lowest BCUT2D eigenvalue weighted by atomic mass is 10.0. The van der Waals surface area contributed by atoms with Crippen LogP contribution < -0.4 is 5.32 Å². The molecule has 25 heavy (non-hydrogen) atoms. The van der Waals surface area contributed by atoms with Crippen LogP contribution in [0.3, 0.4) is 0 Å². The van der Waals surface area contributed by atoms with E-state index in [1.165, 1.54) is 0 Å². The molecule has 0 aliphatic carbocycles. The minimum absolute atomic E-state index is 0.0360. The van der Waals surface area contributed by atoms with E-state index >= 15 is 0 Å². The summed E-state index contributed by atoms with van der Waals surface area (Å²) in [6.45, 7) is 7.51. The van der Waals surface area contributed by atoms with E-state index in [9.17, 15) is 4.79 Å². The first-order valence-electron chi connectivity index (χ1n) is 8.39. The molecule has 2 aromatic rings. The predicted octanol–water partition coefficient (Wildman–Crippen LogP) is 3.51. The molecule has 0 aromatic carbocycles. The Bertz CT molecular complexity index is 864. The average Bonchev–Trinajstić information content (AvgIpc) is 3.29. The van der Waals surface area contributed by atoms with Crippen LogP contribution in [-0.4, -0.2) is 36.1 Å². The number of nitrogens with one attached hydrogen (secondary N) is 1. The number of hydrogen-bond acceptors (Lipinski definition) is 6. The van der Waals surface area contributed by atoms with Crippen molar-refractivity contribution in [3.8, 4) is 0 Å². The van der Waals surface area contributed by atoms with Crippen molar-refractivity contribution < 1.29 is 9.21 Å². The third-order valence-corrected chi connectivity index (χ3v) is 5.46. The van der Waals surface area contributed by atoms with Crippen molar-refractivity contribution in [2.75, 3.05) is 13.1 Å². The molecule has 0 unspecified atom stereocenters. The first kappa shape index (κ1) is 16.1. The number of rotatable bonds is 4. The Morgan fingerprint density at radius 1 is 1.44 bits per heavy atom. The molecule has 7 heteroatoms. The Morgan fingerprint density at radius 3 is 3.00 bits per heavy atom. The van der Waals surface area contributed by atoms with Gasteiger partial charge < -0.3 is 14.6 Å². The number of furan rings is 1. The monoisotopic (exact) mass is 356 g/mol. The van der Waals surface area contributed by atoms with Crippen LogP contribution in [0.2, 0.25) is 0 Å². The zero-order valence-electron chi connectivity index (χ0n) is 14.4. The molecule has 0 bridgehead atoms. The molecule has 2 aliphatic rings. The summed E-state index contributed by atoms with van der Waals surface area (Å²) in [7, 11) is 0. The minimum atomic E-state index is -0.138.